The number of benzene rings is 3. The lowest BCUT2D eigenvalue weighted by Crippen LogP contribution is -2.18. The Bertz CT molecular complexity index is 816. The normalized spacial score (nSPS) is 12.0. The van der Waals surface area contributed by atoms with E-state index in [9.17, 15) is 8.78 Å². The highest BCUT2D eigenvalue weighted by atomic mass is 19.1. The van der Waals surface area contributed by atoms with Crippen molar-refractivity contribution in [2.75, 3.05) is 7.05 Å². The molecule has 3 rings (SSSR count). The molecule has 3 aromatic carbocycles. The molecule has 0 fully saturated rings. The summed E-state index contributed by atoms with van der Waals surface area (Å²) in [6.07, 6.45) is 0. The Morgan fingerprint density at radius 3 is 2.24 bits per heavy atom. The van der Waals surface area contributed by atoms with Crippen LogP contribution in [0.15, 0.2) is 72.8 Å². The van der Waals surface area contributed by atoms with E-state index < -0.39 is 11.6 Å². The maximum atomic E-state index is 13.5. The Morgan fingerprint density at radius 1 is 0.840 bits per heavy atom. The molecule has 3 aromatic rings. The van der Waals surface area contributed by atoms with Crippen molar-refractivity contribution in [2.45, 2.75) is 12.6 Å². The molecule has 0 saturated carbocycles. The standard InChI is InChI=1S/C21H19F2NO/c1-24-21(17-10-18(22)13-19(23)11-17)16-8-5-9-20(12-16)25-14-15-6-3-2-4-7-15/h2-13,21,24H,14H2,1H3. The molecule has 0 aliphatic carbocycles. The van der Waals surface area contributed by atoms with Gasteiger partial charge in [-0.1, -0.05) is 42.5 Å². The minimum Gasteiger partial charge on any atom is -0.489 e. The first kappa shape index (κ1) is 17.1. The SMILES string of the molecule is CNC(c1cc(F)cc(F)c1)c1cccc(OCc2ccccc2)c1. The molecule has 128 valence electrons. The Balaban J connectivity index is 1.81. The van der Waals surface area contributed by atoms with Crippen molar-refractivity contribution in [2.24, 2.45) is 0 Å². The first-order valence-electron chi connectivity index (χ1n) is 8.05. The summed E-state index contributed by atoms with van der Waals surface area (Å²) in [6, 6.07) is 20.6. The van der Waals surface area contributed by atoms with Crippen LogP contribution >= 0.6 is 0 Å². The first-order valence-corrected chi connectivity index (χ1v) is 8.05. The molecule has 25 heavy (non-hydrogen) atoms. The maximum absolute atomic E-state index is 13.5. The molecule has 0 bridgehead atoms. The van der Waals surface area contributed by atoms with E-state index in [1.54, 1.807) is 7.05 Å². The summed E-state index contributed by atoms with van der Waals surface area (Å²) in [7, 11) is 1.75. The molecule has 0 aromatic heterocycles. The van der Waals surface area contributed by atoms with Gasteiger partial charge in [0.05, 0.1) is 6.04 Å². The van der Waals surface area contributed by atoms with Gasteiger partial charge in [0.1, 0.15) is 24.0 Å². The van der Waals surface area contributed by atoms with E-state index in [2.05, 4.69) is 5.32 Å². The van der Waals surface area contributed by atoms with Crippen molar-refractivity contribution in [1.29, 1.82) is 0 Å². The Hall–Kier alpha value is -2.72. The van der Waals surface area contributed by atoms with E-state index in [1.165, 1.54) is 12.1 Å². The molecular formula is C21H19F2NO. The topological polar surface area (TPSA) is 21.3 Å². The number of hydrogen-bond acceptors (Lipinski definition) is 2. The lowest BCUT2D eigenvalue weighted by molar-refractivity contribution is 0.305. The third-order valence-corrected chi connectivity index (χ3v) is 3.95. The van der Waals surface area contributed by atoms with Gasteiger partial charge in [-0.3, -0.25) is 0 Å². The van der Waals surface area contributed by atoms with Crippen LogP contribution in [-0.4, -0.2) is 7.05 Å². The number of ether oxygens (including phenoxy) is 1. The molecule has 2 nitrogen and oxygen atoms in total. The zero-order valence-electron chi connectivity index (χ0n) is 13.9. The van der Waals surface area contributed by atoms with Crippen LogP contribution in [0.4, 0.5) is 8.78 Å². The molecule has 0 saturated heterocycles. The minimum absolute atomic E-state index is 0.328. The van der Waals surface area contributed by atoms with Gasteiger partial charge >= 0.3 is 0 Å². The molecule has 0 radical (unpaired) electrons. The van der Waals surface area contributed by atoms with Gasteiger partial charge in [-0.15, -0.1) is 0 Å². The highest BCUT2D eigenvalue weighted by molar-refractivity contribution is 5.37. The Kier molecular flexibility index (Phi) is 5.41. The van der Waals surface area contributed by atoms with Crippen LogP contribution in [0.5, 0.6) is 5.75 Å². The van der Waals surface area contributed by atoms with Crippen LogP contribution in [-0.2, 0) is 6.61 Å². The monoisotopic (exact) mass is 339 g/mol. The lowest BCUT2D eigenvalue weighted by Gasteiger charge is -2.18. The van der Waals surface area contributed by atoms with Gasteiger partial charge in [0, 0.05) is 6.07 Å². The molecule has 1 atom stereocenters. The van der Waals surface area contributed by atoms with Crippen LogP contribution in [0.3, 0.4) is 0 Å². The Labute approximate surface area is 146 Å². The van der Waals surface area contributed by atoms with Crippen molar-refractivity contribution in [3.05, 3.63) is 101 Å². The molecule has 4 heteroatoms. The summed E-state index contributed by atoms with van der Waals surface area (Å²) in [5.74, 6) is -0.475. The second kappa shape index (κ2) is 7.90. The quantitative estimate of drug-likeness (QED) is 0.693. The van der Waals surface area contributed by atoms with Crippen LogP contribution in [0.2, 0.25) is 0 Å². The molecule has 0 spiro atoms. The van der Waals surface area contributed by atoms with Gasteiger partial charge in [0.25, 0.3) is 0 Å². The highest BCUT2D eigenvalue weighted by Gasteiger charge is 2.15. The van der Waals surface area contributed by atoms with Crippen molar-refractivity contribution in [1.82, 2.24) is 5.32 Å². The van der Waals surface area contributed by atoms with Crippen molar-refractivity contribution >= 4 is 0 Å². The molecule has 1 unspecified atom stereocenters. The van der Waals surface area contributed by atoms with Gasteiger partial charge in [0.15, 0.2) is 0 Å². The molecule has 0 aliphatic rings. The number of halogens is 2. The highest BCUT2D eigenvalue weighted by Crippen LogP contribution is 2.26. The average molecular weight is 339 g/mol. The van der Waals surface area contributed by atoms with E-state index in [0.29, 0.717) is 17.9 Å². The lowest BCUT2D eigenvalue weighted by atomic mass is 9.98. The van der Waals surface area contributed by atoms with Crippen LogP contribution in [0.25, 0.3) is 0 Å². The largest absolute Gasteiger partial charge is 0.489 e. The smallest absolute Gasteiger partial charge is 0.126 e. The van der Waals surface area contributed by atoms with Gasteiger partial charge in [-0.05, 0) is 48.0 Å². The van der Waals surface area contributed by atoms with Crippen molar-refractivity contribution in [3.63, 3.8) is 0 Å². The zero-order chi connectivity index (χ0) is 17.6. The first-order chi connectivity index (χ1) is 12.2. The third kappa shape index (κ3) is 4.43. The second-order valence-electron chi connectivity index (χ2n) is 5.77. The summed E-state index contributed by atoms with van der Waals surface area (Å²) in [5.41, 5.74) is 2.48. The molecule has 0 aliphatic heterocycles. The summed E-state index contributed by atoms with van der Waals surface area (Å²) in [6.45, 7) is 0.461. The summed E-state index contributed by atoms with van der Waals surface area (Å²) in [5, 5.41) is 3.10. The third-order valence-electron chi connectivity index (χ3n) is 3.95. The summed E-state index contributed by atoms with van der Waals surface area (Å²) < 4.78 is 32.9. The van der Waals surface area contributed by atoms with Crippen LogP contribution in [0.1, 0.15) is 22.7 Å². The molecule has 0 heterocycles. The van der Waals surface area contributed by atoms with E-state index in [0.717, 1.165) is 17.2 Å². The van der Waals surface area contributed by atoms with Gasteiger partial charge in [-0.2, -0.15) is 0 Å². The average Bonchev–Trinajstić information content (AvgIpc) is 2.61. The van der Waals surface area contributed by atoms with Gasteiger partial charge in [0.2, 0.25) is 0 Å². The van der Waals surface area contributed by atoms with Crippen LogP contribution < -0.4 is 10.1 Å². The fraction of sp³-hybridized carbons (Fsp3) is 0.143. The van der Waals surface area contributed by atoms with E-state index in [1.807, 2.05) is 54.6 Å². The maximum Gasteiger partial charge on any atom is 0.126 e. The predicted molar refractivity (Wildman–Crippen MR) is 94.5 cm³/mol. The fourth-order valence-electron chi connectivity index (χ4n) is 2.79. The number of rotatable bonds is 6. The van der Waals surface area contributed by atoms with Gasteiger partial charge < -0.3 is 10.1 Å². The fourth-order valence-corrected chi connectivity index (χ4v) is 2.79. The van der Waals surface area contributed by atoms with Crippen LogP contribution in [0, 0.1) is 11.6 Å². The minimum atomic E-state index is -0.591. The molecule has 1 N–H and O–H groups in total. The van der Waals surface area contributed by atoms with E-state index in [4.69, 9.17) is 4.74 Å². The Morgan fingerprint density at radius 2 is 1.56 bits per heavy atom. The number of nitrogens with one attached hydrogen (secondary N) is 1. The zero-order valence-corrected chi connectivity index (χ0v) is 13.9. The van der Waals surface area contributed by atoms with Gasteiger partial charge in [-0.25, -0.2) is 8.78 Å². The van der Waals surface area contributed by atoms with E-state index in [-0.39, 0.29) is 6.04 Å². The molecule has 0 amide bonds. The van der Waals surface area contributed by atoms with Crippen molar-refractivity contribution in [3.8, 4) is 5.75 Å². The number of hydrogen-bond donors (Lipinski definition) is 1. The van der Waals surface area contributed by atoms with E-state index >= 15 is 0 Å². The second-order valence-corrected chi connectivity index (χ2v) is 5.77. The molecular weight excluding hydrogens is 320 g/mol. The summed E-state index contributed by atoms with van der Waals surface area (Å²) in [4.78, 5) is 0. The predicted octanol–water partition coefficient (Wildman–Crippen LogP) is 4.85. The van der Waals surface area contributed by atoms with Crippen molar-refractivity contribution < 1.29 is 13.5 Å². The summed E-state index contributed by atoms with van der Waals surface area (Å²) >= 11 is 0.